The maximum absolute atomic E-state index is 14.2. The molecule has 0 radical (unpaired) electrons. The molecule has 2 aromatic carbocycles. The topological polar surface area (TPSA) is 59.6 Å². The van der Waals surface area contributed by atoms with E-state index in [0.717, 1.165) is 11.1 Å². The molecule has 110 valence electrons. The smallest absolute Gasteiger partial charge is 0.186 e. The van der Waals surface area contributed by atoms with Crippen molar-refractivity contribution >= 4 is 11.4 Å². The minimum Gasteiger partial charge on any atom is -0.350 e. The highest BCUT2D eigenvalue weighted by Crippen LogP contribution is 2.32. The van der Waals surface area contributed by atoms with Gasteiger partial charge in [0.05, 0.1) is 0 Å². The molecule has 0 spiro atoms. The molecule has 0 aliphatic rings. The number of hydrogen-bond acceptors (Lipinski definition) is 3. The lowest BCUT2D eigenvalue weighted by Gasteiger charge is -2.14. The van der Waals surface area contributed by atoms with E-state index in [1.165, 1.54) is 12.1 Å². The predicted molar refractivity (Wildman–Crippen MR) is 74.9 cm³/mol. The van der Waals surface area contributed by atoms with E-state index in [1.807, 2.05) is 13.0 Å². The van der Waals surface area contributed by atoms with Crippen LogP contribution in [0.1, 0.15) is 22.3 Å². The van der Waals surface area contributed by atoms with E-state index in [2.05, 4.69) is 5.32 Å². The molecule has 0 aliphatic carbocycles. The van der Waals surface area contributed by atoms with Crippen LogP contribution in [0.3, 0.4) is 0 Å². The average molecular weight is 301 g/mol. The molecule has 0 aromatic heterocycles. The molecular formula is C16H10F3N3. The standard InChI is InChI=1S/C16H10F3N3/c1-8-4-3-5-12(9(8)2)22-16-14(18)11(7-21)10(6-20)13(17)15(16)19/h3-5,22H,1-2H3. The highest BCUT2D eigenvalue weighted by atomic mass is 19.2. The van der Waals surface area contributed by atoms with E-state index in [1.54, 1.807) is 19.1 Å². The Bertz CT molecular complexity index is 845. The fraction of sp³-hybridized carbons (Fsp3) is 0.125. The van der Waals surface area contributed by atoms with E-state index in [9.17, 15) is 13.2 Å². The van der Waals surface area contributed by atoms with Crippen LogP contribution < -0.4 is 5.32 Å². The van der Waals surface area contributed by atoms with Crippen molar-refractivity contribution in [1.29, 1.82) is 10.5 Å². The van der Waals surface area contributed by atoms with Gasteiger partial charge >= 0.3 is 0 Å². The first-order chi connectivity index (χ1) is 10.4. The molecule has 2 rings (SSSR count). The quantitative estimate of drug-likeness (QED) is 0.845. The molecule has 1 N–H and O–H groups in total. The number of nitrogens with one attached hydrogen (secondary N) is 1. The van der Waals surface area contributed by atoms with Crippen LogP contribution in [0.5, 0.6) is 0 Å². The van der Waals surface area contributed by atoms with Gasteiger partial charge in [-0.15, -0.1) is 0 Å². The van der Waals surface area contributed by atoms with Crippen molar-refractivity contribution in [3.05, 3.63) is 57.9 Å². The molecule has 6 heteroatoms. The van der Waals surface area contributed by atoms with Crippen molar-refractivity contribution in [2.24, 2.45) is 0 Å². The summed E-state index contributed by atoms with van der Waals surface area (Å²) >= 11 is 0. The molecule has 0 saturated carbocycles. The van der Waals surface area contributed by atoms with Crippen LogP contribution in [0.15, 0.2) is 18.2 Å². The van der Waals surface area contributed by atoms with Crippen LogP contribution >= 0.6 is 0 Å². The molecule has 22 heavy (non-hydrogen) atoms. The molecule has 0 atom stereocenters. The normalized spacial score (nSPS) is 9.95. The first-order valence-corrected chi connectivity index (χ1v) is 6.26. The average Bonchev–Trinajstić information content (AvgIpc) is 2.51. The van der Waals surface area contributed by atoms with Gasteiger partial charge in [0.15, 0.2) is 17.5 Å². The Labute approximate surface area is 125 Å². The minimum atomic E-state index is -1.55. The second kappa shape index (κ2) is 5.79. The van der Waals surface area contributed by atoms with E-state index in [-0.39, 0.29) is 0 Å². The summed E-state index contributed by atoms with van der Waals surface area (Å²) in [6.45, 7) is 3.55. The Hall–Kier alpha value is -2.99. The van der Waals surface area contributed by atoms with Gasteiger partial charge in [0, 0.05) is 5.69 Å². The van der Waals surface area contributed by atoms with Gasteiger partial charge in [-0.1, -0.05) is 12.1 Å². The fourth-order valence-corrected chi connectivity index (χ4v) is 2.00. The lowest BCUT2D eigenvalue weighted by molar-refractivity contribution is 0.496. The number of anilines is 2. The van der Waals surface area contributed by atoms with E-state index < -0.39 is 34.3 Å². The van der Waals surface area contributed by atoms with Crippen molar-refractivity contribution in [3.63, 3.8) is 0 Å². The Morgan fingerprint density at radius 3 is 2.09 bits per heavy atom. The summed E-state index contributed by atoms with van der Waals surface area (Å²) in [4.78, 5) is 0. The Balaban J connectivity index is 2.68. The zero-order valence-corrected chi connectivity index (χ0v) is 11.8. The summed E-state index contributed by atoms with van der Waals surface area (Å²) in [6.07, 6.45) is 0. The van der Waals surface area contributed by atoms with E-state index >= 15 is 0 Å². The van der Waals surface area contributed by atoms with Crippen molar-refractivity contribution in [1.82, 2.24) is 0 Å². The van der Waals surface area contributed by atoms with Gasteiger partial charge in [-0.2, -0.15) is 10.5 Å². The van der Waals surface area contributed by atoms with E-state index in [4.69, 9.17) is 10.5 Å². The van der Waals surface area contributed by atoms with Crippen LogP contribution in [-0.2, 0) is 0 Å². The van der Waals surface area contributed by atoms with Crippen molar-refractivity contribution in [3.8, 4) is 12.1 Å². The van der Waals surface area contributed by atoms with Gasteiger partial charge < -0.3 is 5.32 Å². The van der Waals surface area contributed by atoms with Crippen molar-refractivity contribution in [2.75, 3.05) is 5.32 Å². The lowest BCUT2D eigenvalue weighted by Crippen LogP contribution is -2.07. The zero-order valence-electron chi connectivity index (χ0n) is 11.8. The number of hydrogen-bond donors (Lipinski definition) is 1. The predicted octanol–water partition coefficient (Wildman–Crippen LogP) is 4.21. The van der Waals surface area contributed by atoms with Crippen molar-refractivity contribution in [2.45, 2.75) is 13.8 Å². The molecule has 2 aromatic rings. The largest absolute Gasteiger partial charge is 0.350 e. The number of halogens is 3. The summed E-state index contributed by atoms with van der Waals surface area (Å²) < 4.78 is 42.1. The Morgan fingerprint density at radius 2 is 1.50 bits per heavy atom. The third-order valence-corrected chi connectivity index (χ3v) is 3.41. The van der Waals surface area contributed by atoms with Crippen LogP contribution in [0.25, 0.3) is 0 Å². The molecule has 0 bridgehead atoms. The Morgan fingerprint density at radius 1 is 0.909 bits per heavy atom. The highest BCUT2D eigenvalue weighted by Gasteiger charge is 2.25. The zero-order chi connectivity index (χ0) is 16.4. The maximum Gasteiger partial charge on any atom is 0.186 e. The summed E-state index contributed by atoms with van der Waals surface area (Å²) in [5.41, 5.74) is -0.573. The SMILES string of the molecule is Cc1cccc(Nc2c(F)c(F)c(C#N)c(C#N)c2F)c1C. The van der Waals surface area contributed by atoms with Crippen LogP contribution in [0.4, 0.5) is 24.5 Å². The summed E-state index contributed by atoms with van der Waals surface area (Å²) in [5.74, 6) is -4.37. The van der Waals surface area contributed by atoms with Gasteiger partial charge in [-0.25, -0.2) is 13.2 Å². The van der Waals surface area contributed by atoms with Gasteiger partial charge in [0.1, 0.15) is 29.0 Å². The van der Waals surface area contributed by atoms with Crippen LogP contribution in [0, 0.1) is 54.0 Å². The summed E-state index contributed by atoms with van der Waals surface area (Å²) in [6, 6.07) is 7.75. The third kappa shape index (κ3) is 2.36. The molecule has 0 fully saturated rings. The third-order valence-electron chi connectivity index (χ3n) is 3.41. The molecule has 0 amide bonds. The number of nitriles is 2. The second-order valence-corrected chi connectivity index (χ2v) is 4.66. The number of rotatable bonds is 2. The van der Waals surface area contributed by atoms with Crippen molar-refractivity contribution < 1.29 is 13.2 Å². The van der Waals surface area contributed by atoms with Crippen LogP contribution in [0.2, 0.25) is 0 Å². The lowest BCUT2D eigenvalue weighted by atomic mass is 10.0. The molecule has 3 nitrogen and oxygen atoms in total. The number of aryl methyl sites for hydroxylation is 1. The molecule has 0 saturated heterocycles. The van der Waals surface area contributed by atoms with Gasteiger partial charge in [0.25, 0.3) is 0 Å². The van der Waals surface area contributed by atoms with Crippen LogP contribution in [-0.4, -0.2) is 0 Å². The highest BCUT2D eigenvalue weighted by molar-refractivity contribution is 5.68. The van der Waals surface area contributed by atoms with Gasteiger partial charge in [0.2, 0.25) is 0 Å². The fourth-order valence-electron chi connectivity index (χ4n) is 2.00. The molecule has 0 heterocycles. The minimum absolute atomic E-state index is 0.380. The van der Waals surface area contributed by atoms with Gasteiger partial charge in [-0.3, -0.25) is 0 Å². The second-order valence-electron chi connectivity index (χ2n) is 4.66. The monoisotopic (exact) mass is 301 g/mol. The summed E-state index contributed by atoms with van der Waals surface area (Å²) in [5, 5.41) is 20.1. The summed E-state index contributed by atoms with van der Waals surface area (Å²) in [7, 11) is 0. The molecular weight excluding hydrogens is 291 g/mol. The maximum atomic E-state index is 14.2. The molecule has 0 aliphatic heterocycles. The number of benzene rings is 2. The number of nitrogens with zero attached hydrogens (tertiary/aromatic N) is 2. The first-order valence-electron chi connectivity index (χ1n) is 6.26. The van der Waals surface area contributed by atoms with Gasteiger partial charge in [-0.05, 0) is 31.0 Å². The molecule has 0 unspecified atom stereocenters. The first kappa shape index (κ1) is 15.4. The van der Waals surface area contributed by atoms with E-state index in [0.29, 0.717) is 5.69 Å². The Kier molecular flexibility index (Phi) is 4.05.